The Morgan fingerprint density at radius 1 is 1.31 bits per heavy atom. The largest absolute Gasteiger partial charge is 0.478 e. The Kier molecular flexibility index (Phi) is 11.7. The van der Waals surface area contributed by atoms with E-state index in [9.17, 15) is 0 Å². The van der Waals surface area contributed by atoms with Gasteiger partial charge < -0.3 is 4.52 Å². The van der Waals surface area contributed by atoms with Crippen LogP contribution in [0.4, 0.5) is 0 Å². The average molecular weight is 285 g/mol. The topological polar surface area (TPSA) is 9.23 Å². The van der Waals surface area contributed by atoms with Gasteiger partial charge in [-0.15, -0.1) is 0 Å². The summed E-state index contributed by atoms with van der Waals surface area (Å²) in [7, 11) is 2.36. The second kappa shape index (κ2) is 11.0. The fraction of sp³-hybridized carbons (Fsp3) is 0.778. The molecule has 78 valence electrons. The summed E-state index contributed by atoms with van der Waals surface area (Å²) in [6.45, 7) is 2.07. The third kappa shape index (κ3) is 12.9. The van der Waals surface area contributed by atoms with E-state index in [4.69, 9.17) is 4.52 Å². The van der Waals surface area contributed by atoms with Crippen LogP contribution in [0.5, 0.6) is 0 Å². The number of allylic oxidation sites excluding steroid dienone is 1. The first-order valence-corrected chi connectivity index (χ1v) is 9.08. The van der Waals surface area contributed by atoms with Gasteiger partial charge in [-0.2, -0.15) is 0 Å². The normalized spacial score (nSPS) is 13.5. The van der Waals surface area contributed by atoms with Crippen molar-refractivity contribution in [2.24, 2.45) is 0 Å². The van der Waals surface area contributed by atoms with Gasteiger partial charge in [0.15, 0.2) is 0 Å². The van der Waals surface area contributed by atoms with Gasteiger partial charge in [0.25, 0.3) is 0 Å². The standard InChI is InChI=1S/C9H19BrOP2/c1-13(12)11-9-7-5-3-2-4-6-8-10/h7,9H,2-6,8,12H2,1H3/b9-7-. The number of halogens is 1. The van der Waals surface area contributed by atoms with Gasteiger partial charge in [-0.25, -0.2) is 0 Å². The lowest BCUT2D eigenvalue weighted by molar-refractivity contribution is 0.545. The summed E-state index contributed by atoms with van der Waals surface area (Å²) in [5.41, 5.74) is 0. The summed E-state index contributed by atoms with van der Waals surface area (Å²) < 4.78 is 5.31. The van der Waals surface area contributed by atoms with E-state index in [-0.39, 0.29) is 7.84 Å². The van der Waals surface area contributed by atoms with Gasteiger partial charge in [0, 0.05) is 5.33 Å². The first kappa shape index (κ1) is 13.9. The summed E-state index contributed by atoms with van der Waals surface area (Å²) in [4.78, 5) is 0. The average Bonchev–Trinajstić information content (AvgIpc) is 2.09. The van der Waals surface area contributed by atoms with E-state index in [1.54, 1.807) is 0 Å². The number of hydrogen-bond donors (Lipinski definition) is 0. The van der Waals surface area contributed by atoms with E-state index in [1.807, 2.05) is 6.26 Å². The monoisotopic (exact) mass is 284 g/mol. The van der Waals surface area contributed by atoms with Crippen molar-refractivity contribution in [2.45, 2.75) is 32.1 Å². The van der Waals surface area contributed by atoms with Gasteiger partial charge in [0.1, 0.15) is 0 Å². The van der Waals surface area contributed by atoms with E-state index in [0.29, 0.717) is 0 Å². The maximum atomic E-state index is 5.31. The minimum atomic E-state index is -0.307. The predicted molar refractivity (Wildman–Crippen MR) is 69.7 cm³/mol. The number of rotatable bonds is 8. The fourth-order valence-corrected chi connectivity index (χ4v) is 1.80. The Morgan fingerprint density at radius 3 is 2.62 bits per heavy atom. The Bertz CT molecular complexity index is 129. The summed E-state index contributed by atoms with van der Waals surface area (Å²) >= 11 is 3.43. The van der Waals surface area contributed by atoms with Gasteiger partial charge in [0.05, 0.1) is 14.1 Å². The van der Waals surface area contributed by atoms with Crippen molar-refractivity contribution < 1.29 is 4.52 Å². The van der Waals surface area contributed by atoms with Crippen molar-refractivity contribution in [3.8, 4) is 0 Å². The first-order valence-electron chi connectivity index (χ1n) is 4.63. The molecule has 2 unspecified atom stereocenters. The van der Waals surface area contributed by atoms with E-state index in [2.05, 4.69) is 37.6 Å². The third-order valence-corrected chi connectivity index (χ3v) is 2.96. The van der Waals surface area contributed by atoms with Crippen molar-refractivity contribution in [3.05, 3.63) is 12.3 Å². The third-order valence-electron chi connectivity index (χ3n) is 1.58. The molecule has 0 aromatic heterocycles. The maximum Gasteiger partial charge on any atom is 0.0999 e. The van der Waals surface area contributed by atoms with Crippen molar-refractivity contribution in [2.75, 3.05) is 12.0 Å². The van der Waals surface area contributed by atoms with E-state index >= 15 is 0 Å². The Hall–Kier alpha value is 0.880. The van der Waals surface area contributed by atoms with Gasteiger partial charge in [-0.3, -0.25) is 0 Å². The molecule has 0 spiro atoms. The SMILES string of the molecule is CP(P)O/C=C\CCCCCCBr. The summed E-state index contributed by atoms with van der Waals surface area (Å²) in [6, 6.07) is 0. The van der Waals surface area contributed by atoms with Crippen molar-refractivity contribution in [1.82, 2.24) is 0 Å². The molecule has 0 aromatic carbocycles. The van der Waals surface area contributed by atoms with Crippen LogP contribution < -0.4 is 0 Å². The quantitative estimate of drug-likeness (QED) is 0.272. The molecule has 0 rings (SSSR count). The summed E-state index contributed by atoms with van der Waals surface area (Å²) in [5.74, 6) is 0. The molecule has 0 amide bonds. The Balaban J connectivity index is 3.02. The molecular weight excluding hydrogens is 266 g/mol. The van der Waals surface area contributed by atoms with Crippen LogP contribution in [0.3, 0.4) is 0 Å². The second-order valence-corrected chi connectivity index (χ2v) is 7.19. The lowest BCUT2D eigenvalue weighted by atomic mass is 10.1. The van der Waals surface area contributed by atoms with Crippen LogP contribution in [0, 0.1) is 0 Å². The molecule has 0 fully saturated rings. The molecule has 4 heteroatoms. The van der Waals surface area contributed by atoms with Crippen LogP contribution in [-0.4, -0.2) is 12.0 Å². The summed E-state index contributed by atoms with van der Waals surface area (Å²) in [5, 5.41) is 1.14. The number of unbranched alkanes of at least 4 members (excludes halogenated alkanes) is 4. The highest BCUT2D eigenvalue weighted by molar-refractivity contribution is 9.09. The van der Waals surface area contributed by atoms with Crippen LogP contribution in [0.2, 0.25) is 0 Å². The molecule has 0 saturated heterocycles. The van der Waals surface area contributed by atoms with Gasteiger partial charge in [0.2, 0.25) is 0 Å². The fourth-order valence-electron chi connectivity index (χ4n) is 0.917. The zero-order chi connectivity index (χ0) is 9.94. The van der Waals surface area contributed by atoms with Crippen molar-refractivity contribution >= 4 is 32.7 Å². The molecule has 0 aromatic rings. The molecule has 0 saturated carbocycles. The smallest absolute Gasteiger partial charge is 0.0999 e. The molecule has 0 heterocycles. The zero-order valence-electron chi connectivity index (χ0n) is 8.21. The van der Waals surface area contributed by atoms with E-state index in [0.717, 1.165) is 11.8 Å². The lowest BCUT2D eigenvalue weighted by Crippen LogP contribution is -1.77. The van der Waals surface area contributed by atoms with Crippen molar-refractivity contribution in [1.29, 1.82) is 0 Å². The Morgan fingerprint density at radius 2 is 2.00 bits per heavy atom. The van der Waals surface area contributed by atoms with Crippen LogP contribution >= 0.6 is 32.7 Å². The van der Waals surface area contributed by atoms with Gasteiger partial charge in [-0.1, -0.05) is 37.7 Å². The zero-order valence-corrected chi connectivity index (χ0v) is 11.8. The number of alkyl halides is 1. The highest BCUT2D eigenvalue weighted by Gasteiger charge is 1.88. The molecular formula is C9H19BrOP2. The Labute approximate surface area is 93.8 Å². The van der Waals surface area contributed by atoms with Gasteiger partial charge >= 0.3 is 0 Å². The van der Waals surface area contributed by atoms with Crippen molar-refractivity contribution in [3.63, 3.8) is 0 Å². The molecule has 13 heavy (non-hydrogen) atoms. The molecule has 0 bridgehead atoms. The van der Waals surface area contributed by atoms with Crippen LogP contribution in [0.15, 0.2) is 12.3 Å². The molecule has 0 aliphatic rings. The predicted octanol–water partition coefficient (Wildman–Crippen LogP) is 4.68. The second-order valence-electron chi connectivity index (χ2n) is 2.92. The number of hydrogen-bond acceptors (Lipinski definition) is 1. The molecule has 0 radical (unpaired) electrons. The lowest BCUT2D eigenvalue weighted by Gasteiger charge is -2.01. The molecule has 2 atom stereocenters. The first-order chi connectivity index (χ1) is 6.27. The molecule has 0 N–H and O–H groups in total. The minimum absolute atomic E-state index is 0.307. The van der Waals surface area contributed by atoms with Gasteiger partial charge in [-0.05, 0) is 32.0 Å². The van der Waals surface area contributed by atoms with E-state index < -0.39 is 0 Å². The minimum Gasteiger partial charge on any atom is -0.478 e. The molecule has 0 aliphatic heterocycles. The van der Waals surface area contributed by atoms with Crippen LogP contribution in [0.1, 0.15) is 32.1 Å². The van der Waals surface area contributed by atoms with Crippen LogP contribution in [0.25, 0.3) is 0 Å². The molecule has 0 aliphatic carbocycles. The highest BCUT2D eigenvalue weighted by atomic mass is 79.9. The maximum absolute atomic E-state index is 5.31. The summed E-state index contributed by atoms with van der Waals surface area (Å²) in [6.07, 6.45) is 10.4. The van der Waals surface area contributed by atoms with E-state index in [1.165, 1.54) is 25.7 Å². The highest BCUT2D eigenvalue weighted by Crippen LogP contribution is 2.41. The van der Waals surface area contributed by atoms with Crippen LogP contribution in [-0.2, 0) is 4.52 Å². The molecule has 1 nitrogen and oxygen atoms in total.